The molecule has 188 valence electrons. The molecule has 4 aromatic rings. The molecule has 2 aromatic heterocycles. The van der Waals surface area contributed by atoms with E-state index in [0.717, 1.165) is 22.0 Å². The van der Waals surface area contributed by atoms with Gasteiger partial charge in [0.05, 0.1) is 13.2 Å². The summed E-state index contributed by atoms with van der Waals surface area (Å²) < 4.78 is 15.9. The predicted molar refractivity (Wildman–Crippen MR) is 135 cm³/mol. The lowest BCUT2D eigenvalue weighted by Gasteiger charge is -2.28. The van der Waals surface area contributed by atoms with E-state index in [-0.39, 0.29) is 30.3 Å². The maximum absolute atomic E-state index is 12.8. The molecule has 0 aliphatic heterocycles. The van der Waals surface area contributed by atoms with Gasteiger partial charge in [-0.25, -0.2) is 0 Å². The first kappa shape index (κ1) is 24.8. The van der Waals surface area contributed by atoms with Crippen molar-refractivity contribution in [1.29, 1.82) is 0 Å². The molecule has 2 amide bonds. The van der Waals surface area contributed by atoms with Crippen LogP contribution in [-0.2, 0) is 22.6 Å². The molecular weight excluding hydrogens is 460 g/mol. The molecule has 0 saturated heterocycles. The number of nitrogens with one attached hydrogen (secondary N) is 2. The van der Waals surface area contributed by atoms with E-state index in [4.69, 9.17) is 14.0 Å². The number of aryl methyl sites for hydroxylation is 1. The SMILES string of the molecule is COc1ccccc1CN(CC(Cc1c[nH]c2ccccc12)NC(=O)COc1cc(C)on1)C(C)=O. The Morgan fingerprint density at radius 3 is 2.67 bits per heavy atom. The summed E-state index contributed by atoms with van der Waals surface area (Å²) in [6.07, 6.45) is 2.46. The van der Waals surface area contributed by atoms with Gasteiger partial charge in [-0.1, -0.05) is 36.4 Å². The van der Waals surface area contributed by atoms with Gasteiger partial charge >= 0.3 is 0 Å². The highest BCUT2D eigenvalue weighted by molar-refractivity contribution is 5.83. The van der Waals surface area contributed by atoms with Gasteiger partial charge in [0, 0.05) is 48.7 Å². The Hall–Kier alpha value is -4.27. The third kappa shape index (κ3) is 6.24. The summed E-state index contributed by atoms with van der Waals surface area (Å²) in [5.41, 5.74) is 2.95. The minimum Gasteiger partial charge on any atom is -0.496 e. The molecule has 0 bridgehead atoms. The number of methoxy groups -OCH3 is 1. The van der Waals surface area contributed by atoms with E-state index in [9.17, 15) is 9.59 Å². The number of amides is 2. The van der Waals surface area contributed by atoms with Gasteiger partial charge in [-0.05, 0) is 36.2 Å². The normalized spacial score (nSPS) is 11.8. The number of hydrogen-bond donors (Lipinski definition) is 2. The molecule has 0 saturated carbocycles. The first-order valence-corrected chi connectivity index (χ1v) is 11.7. The number of hydrogen-bond acceptors (Lipinski definition) is 6. The number of para-hydroxylation sites is 2. The Labute approximate surface area is 209 Å². The number of carbonyl (C=O) groups is 2. The number of nitrogens with zero attached hydrogens (tertiary/aromatic N) is 2. The van der Waals surface area contributed by atoms with Crippen molar-refractivity contribution in [1.82, 2.24) is 20.4 Å². The number of H-pyrrole nitrogens is 1. The van der Waals surface area contributed by atoms with Crippen molar-refractivity contribution in [2.45, 2.75) is 32.9 Å². The summed E-state index contributed by atoms with van der Waals surface area (Å²) >= 11 is 0. The van der Waals surface area contributed by atoms with Crippen LogP contribution >= 0.6 is 0 Å². The third-order valence-electron chi connectivity index (χ3n) is 5.90. The molecule has 4 rings (SSSR count). The topological polar surface area (TPSA) is 110 Å². The zero-order valence-electron chi connectivity index (χ0n) is 20.6. The van der Waals surface area contributed by atoms with Gasteiger partial charge in [-0.2, -0.15) is 0 Å². The summed E-state index contributed by atoms with van der Waals surface area (Å²) in [6, 6.07) is 16.8. The Morgan fingerprint density at radius 2 is 1.92 bits per heavy atom. The third-order valence-corrected chi connectivity index (χ3v) is 5.90. The van der Waals surface area contributed by atoms with E-state index in [0.29, 0.717) is 31.0 Å². The number of carbonyl (C=O) groups excluding carboxylic acids is 2. The predicted octanol–water partition coefficient (Wildman–Crippen LogP) is 3.63. The Morgan fingerprint density at radius 1 is 1.14 bits per heavy atom. The van der Waals surface area contributed by atoms with Crippen LogP contribution < -0.4 is 14.8 Å². The standard InChI is InChI=1S/C27H30N4O5/c1-18-12-27(30-36-18)35-17-26(33)29-22(13-21-14-28-24-10-6-5-9-23(21)24)16-31(19(2)32)15-20-8-4-7-11-25(20)34-3/h4-12,14,22,28H,13,15-17H2,1-3H3,(H,29,33). The largest absolute Gasteiger partial charge is 0.496 e. The summed E-state index contributed by atoms with van der Waals surface area (Å²) in [6.45, 7) is 3.71. The van der Waals surface area contributed by atoms with E-state index in [1.54, 1.807) is 25.0 Å². The smallest absolute Gasteiger partial charge is 0.258 e. The molecule has 2 N–H and O–H groups in total. The number of rotatable bonds is 11. The molecule has 0 fully saturated rings. The minimum atomic E-state index is -0.363. The fourth-order valence-electron chi connectivity index (χ4n) is 4.16. The molecule has 9 nitrogen and oxygen atoms in total. The maximum atomic E-state index is 12.8. The monoisotopic (exact) mass is 490 g/mol. The van der Waals surface area contributed by atoms with Gasteiger partial charge in [-0.15, -0.1) is 0 Å². The van der Waals surface area contributed by atoms with Crippen molar-refractivity contribution in [2.75, 3.05) is 20.3 Å². The van der Waals surface area contributed by atoms with Gasteiger partial charge in [0.2, 0.25) is 5.91 Å². The van der Waals surface area contributed by atoms with Crippen LogP contribution in [-0.4, -0.2) is 53.2 Å². The van der Waals surface area contributed by atoms with Crippen molar-refractivity contribution < 1.29 is 23.6 Å². The minimum absolute atomic E-state index is 0.103. The van der Waals surface area contributed by atoms with Gasteiger partial charge < -0.3 is 29.2 Å². The number of aromatic amines is 1. The average molecular weight is 491 g/mol. The van der Waals surface area contributed by atoms with Crippen LogP contribution in [0.4, 0.5) is 0 Å². The first-order chi connectivity index (χ1) is 17.4. The highest BCUT2D eigenvalue weighted by Gasteiger charge is 2.22. The lowest BCUT2D eigenvalue weighted by Crippen LogP contribution is -2.47. The molecule has 0 radical (unpaired) electrons. The molecular formula is C27H30N4O5. The second-order valence-corrected chi connectivity index (χ2v) is 8.60. The van der Waals surface area contributed by atoms with Crippen molar-refractivity contribution >= 4 is 22.7 Å². The Kier molecular flexibility index (Phi) is 7.89. The number of fused-ring (bicyclic) bond motifs is 1. The molecule has 1 atom stereocenters. The molecule has 9 heteroatoms. The Balaban J connectivity index is 1.52. The van der Waals surface area contributed by atoms with E-state index in [1.165, 1.54) is 6.92 Å². The lowest BCUT2D eigenvalue weighted by atomic mass is 10.0. The van der Waals surface area contributed by atoms with Crippen LogP contribution in [0.15, 0.2) is 65.3 Å². The van der Waals surface area contributed by atoms with Crippen molar-refractivity contribution in [2.24, 2.45) is 0 Å². The van der Waals surface area contributed by atoms with Crippen molar-refractivity contribution in [3.8, 4) is 11.6 Å². The molecule has 0 spiro atoms. The second kappa shape index (κ2) is 11.4. The number of benzene rings is 2. The summed E-state index contributed by atoms with van der Waals surface area (Å²) in [7, 11) is 1.60. The Bertz CT molecular complexity index is 1330. The summed E-state index contributed by atoms with van der Waals surface area (Å²) in [5.74, 6) is 1.13. The van der Waals surface area contributed by atoms with Gasteiger partial charge in [0.1, 0.15) is 11.5 Å². The average Bonchev–Trinajstić information content (AvgIpc) is 3.48. The molecule has 0 aliphatic carbocycles. The van der Waals surface area contributed by atoms with Crippen LogP contribution in [0.1, 0.15) is 23.8 Å². The fraction of sp³-hybridized carbons (Fsp3) is 0.296. The molecule has 36 heavy (non-hydrogen) atoms. The van der Waals surface area contributed by atoms with Crippen molar-refractivity contribution in [3.05, 3.63) is 77.7 Å². The first-order valence-electron chi connectivity index (χ1n) is 11.7. The zero-order valence-corrected chi connectivity index (χ0v) is 20.6. The van der Waals surface area contributed by atoms with Gasteiger partial charge in [-0.3, -0.25) is 9.59 Å². The van der Waals surface area contributed by atoms with E-state index < -0.39 is 0 Å². The summed E-state index contributed by atoms with van der Waals surface area (Å²) in [5, 5.41) is 7.86. The van der Waals surface area contributed by atoms with Crippen molar-refractivity contribution in [3.63, 3.8) is 0 Å². The quantitative estimate of drug-likeness (QED) is 0.332. The van der Waals surface area contributed by atoms with Gasteiger partial charge in [0.25, 0.3) is 11.8 Å². The molecule has 2 aromatic carbocycles. The summed E-state index contributed by atoms with van der Waals surface area (Å²) in [4.78, 5) is 30.4. The fourth-order valence-corrected chi connectivity index (χ4v) is 4.16. The number of ether oxygens (including phenoxy) is 2. The zero-order chi connectivity index (χ0) is 25.5. The van der Waals surface area contributed by atoms with Crippen LogP contribution in [0.2, 0.25) is 0 Å². The lowest BCUT2D eigenvalue weighted by molar-refractivity contribution is -0.131. The van der Waals surface area contributed by atoms with Crippen LogP contribution in [0.3, 0.4) is 0 Å². The van der Waals surface area contributed by atoms with Crippen LogP contribution in [0.25, 0.3) is 10.9 Å². The number of aromatic nitrogens is 2. The van der Waals surface area contributed by atoms with E-state index in [1.807, 2.05) is 54.7 Å². The maximum Gasteiger partial charge on any atom is 0.258 e. The molecule has 2 heterocycles. The van der Waals surface area contributed by atoms with Gasteiger partial charge in [0.15, 0.2) is 6.61 Å². The highest BCUT2D eigenvalue weighted by atomic mass is 16.5. The second-order valence-electron chi connectivity index (χ2n) is 8.60. The van der Waals surface area contributed by atoms with Crippen LogP contribution in [0, 0.1) is 6.92 Å². The highest BCUT2D eigenvalue weighted by Crippen LogP contribution is 2.22. The molecule has 1 unspecified atom stereocenters. The van der Waals surface area contributed by atoms with Crippen LogP contribution in [0.5, 0.6) is 11.6 Å². The van der Waals surface area contributed by atoms with E-state index in [2.05, 4.69) is 15.5 Å². The van der Waals surface area contributed by atoms with E-state index >= 15 is 0 Å². The molecule has 0 aliphatic rings.